The van der Waals surface area contributed by atoms with E-state index in [1.165, 1.54) is 4.88 Å². The molecule has 0 bridgehead atoms. The van der Waals surface area contributed by atoms with Crippen LogP contribution in [0.4, 0.5) is 0 Å². The summed E-state index contributed by atoms with van der Waals surface area (Å²) < 4.78 is 2.17. The summed E-state index contributed by atoms with van der Waals surface area (Å²) in [6.45, 7) is 1.64. The monoisotopic (exact) mass is 393 g/mol. The Balaban J connectivity index is 1.90. The molecular weight excluding hydrogens is 385 g/mol. The molecule has 0 fully saturated rings. The van der Waals surface area contributed by atoms with Gasteiger partial charge >= 0.3 is 0 Å². The fourth-order valence-electron chi connectivity index (χ4n) is 1.43. The highest BCUT2D eigenvalue weighted by molar-refractivity contribution is 9.11. The van der Waals surface area contributed by atoms with Crippen LogP contribution in [0.3, 0.4) is 0 Å². The molecule has 0 aliphatic heterocycles. The van der Waals surface area contributed by atoms with Gasteiger partial charge in [-0.15, -0.1) is 11.3 Å². The normalized spacial score (nSPS) is 10.8. The van der Waals surface area contributed by atoms with Crippen molar-refractivity contribution in [2.45, 2.75) is 13.1 Å². The molecule has 1 aromatic carbocycles. The largest absolute Gasteiger partial charge is 0.308 e. The molecule has 17 heavy (non-hydrogen) atoms. The first-order valence-corrected chi connectivity index (χ1v) is 7.82. The first-order valence-electron chi connectivity index (χ1n) is 5.04. The van der Waals surface area contributed by atoms with E-state index in [4.69, 9.17) is 11.6 Å². The maximum Gasteiger partial charge on any atom is 0.0701 e. The van der Waals surface area contributed by atoms with Gasteiger partial charge in [-0.2, -0.15) is 0 Å². The van der Waals surface area contributed by atoms with Crippen molar-refractivity contribution in [1.82, 2.24) is 5.32 Å². The summed E-state index contributed by atoms with van der Waals surface area (Å²) in [4.78, 5) is 1.31. The van der Waals surface area contributed by atoms with E-state index in [-0.39, 0.29) is 0 Å². The highest BCUT2D eigenvalue weighted by Crippen LogP contribution is 2.23. The second kappa shape index (κ2) is 6.34. The summed E-state index contributed by atoms with van der Waals surface area (Å²) in [5.41, 5.74) is 1.12. The van der Waals surface area contributed by atoms with Crippen molar-refractivity contribution in [2.24, 2.45) is 0 Å². The van der Waals surface area contributed by atoms with E-state index in [2.05, 4.69) is 49.3 Å². The van der Waals surface area contributed by atoms with Gasteiger partial charge in [0, 0.05) is 27.5 Å². The molecule has 1 N–H and O–H groups in total. The molecule has 2 aromatic rings. The Morgan fingerprint density at radius 3 is 2.59 bits per heavy atom. The maximum absolute atomic E-state index is 6.14. The van der Waals surface area contributed by atoms with E-state index in [0.717, 1.165) is 31.9 Å². The molecule has 0 aliphatic rings. The van der Waals surface area contributed by atoms with Crippen molar-refractivity contribution in [3.63, 3.8) is 0 Å². The lowest BCUT2D eigenvalue weighted by atomic mass is 10.2. The molecule has 1 nitrogen and oxygen atoms in total. The zero-order chi connectivity index (χ0) is 12.3. The van der Waals surface area contributed by atoms with Gasteiger partial charge in [0.2, 0.25) is 0 Å². The predicted octanol–water partition coefficient (Wildman–Crippen LogP) is 5.22. The van der Waals surface area contributed by atoms with Gasteiger partial charge in [-0.25, -0.2) is 0 Å². The van der Waals surface area contributed by atoms with Gasteiger partial charge in [-0.3, -0.25) is 0 Å². The Kier molecular flexibility index (Phi) is 5.06. The van der Waals surface area contributed by atoms with Crippen LogP contribution in [-0.4, -0.2) is 0 Å². The summed E-state index contributed by atoms with van der Waals surface area (Å²) in [5.74, 6) is 0. The van der Waals surface area contributed by atoms with Crippen LogP contribution in [0.5, 0.6) is 0 Å². The topological polar surface area (TPSA) is 12.0 Å². The fourth-order valence-corrected chi connectivity index (χ4v) is 3.63. The number of rotatable bonds is 4. The second-order valence-electron chi connectivity index (χ2n) is 3.55. The zero-order valence-electron chi connectivity index (χ0n) is 8.84. The summed E-state index contributed by atoms with van der Waals surface area (Å²) in [6, 6.07) is 10.1. The van der Waals surface area contributed by atoms with Gasteiger partial charge in [0.25, 0.3) is 0 Å². The Labute approximate surface area is 126 Å². The number of hydrogen-bond donors (Lipinski definition) is 1. The van der Waals surface area contributed by atoms with Gasteiger partial charge in [0.1, 0.15) is 0 Å². The predicted molar refractivity (Wildman–Crippen MR) is 81.7 cm³/mol. The van der Waals surface area contributed by atoms with E-state index in [1.54, 1.807) is 11.3 Å². The Morgan fingerprint density at radius 2 is 1.94 bits per heavy atom. The minimum atomic E-state index is 0.779. The van der Waals surface area contributed by atoms with Crippen molar-refractivity contribution in [2.75, 3.05) is 0 Å². The number of hydrogen-bond acceptors (Lipinski definition) is 2. The summed E-state index contributed by atoms with van der Waals surface area (Å²) in [7, 11) is 0. The van der Waals surface area contributed by atoms with Gasteiger partial charge in [-0.1, -0.05) is 33.6 Å². The lowest BCUT2D eigenvalue weighted by Gasteiger charge is -2.06. The molecule has 0 unspecified atom stereocenters. The molecule has 0 saturated carbocycles. The van der Waals surface area contributed by atoms with Crippen molar-refractivity contribution < 1.29 is 0 Å². The Bertz CT molecular complexity index is 513. The highest BCUT2D eigenvalue weighted by atomic mass is 79.9. The second-order valence-corrected chi connectivity index (χ2v) is 7.42. The highest BCUT2D eigenvalue weighted by Gasteiger charge is 2.01. The summed E-state index contributed by atoms with van der Waals surface area (Å²) >= 11 is 14.7. The van der Waals surface area contributed by atoms with Crippen LogP contribution in [0, 0.1) is 0 Å². The molecule has 1 aromatic heterocycles. The van der Waals surface area contributed by atoms with Crippen molar-refractivity contribution in [3.8, 4) is 0 Å². The minimum absolute atomic E-state index is 0.779. The third-order valence-electron chi connectivity index (χ3n) is 2.26. The quantitative estimate of drug-likeness (QED) is 0.749. The van der Waals surface area contributed by atoms with Gasteiger partial charge < -0.3 is 5.32 Å². The van der Waals surface area contributed by atoms with Gasteiger partial charge in [0.05, 0.1) is 3.79 Å². The molecule has 0 aliphatic carbocycles. The maximum atomic E-state index is 6.14. The molecule has 0 amide bonds. The standard InChI is InChI=1S/C12H10Br2ClNS/c13-9-2-1-8(11(15)5-9)6-16-7-10-3-4-12(14)17-10/h1-5,16H,6-7H2. The molecule has 90 valence electrons. The summed E-state index contributed by atoms with van der Waals surface area (Å²) in [6.07, 6.45) is 0. The third kappa shape index (κ3) is 4.07. The van der Waals surface area contributed by atoms with Crippen LogP contribution < -0.4 is 5.32 Å². The molecule has 5 heteroatoms. The molecule has 2 rings (SSSR count). The molecule has 0 atom stereocenters. The SMILES string of the molecule is Clc1cc(Br)ccc1CNCc1ccc(Br)s1. The van der Waals surface area contributed by atoms with Crippen LogP contribution in [0.2, 0.25) is 5.02 Å². The molecule has 1 heterocycles. The lowest BCUT2D eigenvalue weighted by molar-refractivity contribution is 0.701. The van der Waals surface area contributed by atoms with Crippen LogP contribution in [-0.2, 0) is 13.1 Å². The summed E-state index contributed by atoms with van der Waals surface area (Å²) in [5, 5.41) is 4.17. The average molecular weight is 396 g/mol. The van der Waals surface area contributed by atoms with E-state index in [0.29, 0.717) is 0 Å². The Morgan fingerprint density at radius 1 is 1.12 bits per heavy atom. The van der Waals surface area contributed by atoms with E-state index in [9.17, 15) is 0 Å². The average Bonchev–Trinajstić information content (AvgIpc) is 2.68. The van der Waals surface area contributed by atoms with Gasteiger partial charge in [-0.05, 0) is 45.8 Å². The van der Waals surface area contributed by atoms with Crippen molar-refractivity contribution in [3.05, 3.63) is 54.1 Å². The number of benzene rings is 1. The smallest absolute Gasteiger partial charge is 0.0701 e. The van der Waals surface area contributed by atoms with E-state index >= 15 is 0 Å². The van der Waals surface area contributed by atoms with Gasteiger partial charge in [0.15, 0.2) is 0 Å². The van der Waals surface area contributed by atoms with Crippen molar-refractivity contribution in [1.29, 1.82) is 0 Å². The molecule has 0 saturated heterocycles. The first kappa shape index (κ1) is 13.6. The molecule has 0 radical (unpaired) electrons. The van der Waals surface area contributed by atoms with Crippen LogP contribution >= 0.6 is 54.8 Å². The number of nitrogens with one attached hydrogen (secondary N) is 1. The van der Waals surface area contributed by atoms with Crippen molar-refractivity contribution >= 4 is 54.8 Å². The van der Waals surface area contributed by atoms with E-state index < -0.39 is 0 Å². The van der Waals surface area contributed by atoms with Crippen LogP contribution in [0.1, 0.15) is 10.4 Å². The third-order valence-corrected chi connectivity index (χ3v) is 4.73. The number of halogens is 3. The molecular formula is C12H10Br2ClNS. The first-order chi connectivity index (χ1) is 8.15. The van der Waals surface area contributed by atoms with E-state index in [1.807, 2.05) is 18.2 Å². The number of thiophene rings is 1. The lowest BCUT2D eigenvalue weighted by Crippen LogP contribution is -2.11. The van der Waals surface area contributed by atoms with Crippen LogP contribution in [0.25, 0.3) is 0 Å². The minimum Gasteiger partial charge on any atom is -0.308 e. The Hall–Kier alpha value is 0.130. The zero-order valence-corrected chi connectivity index (χ0v) is 13.6. The van der Waals surface area contributed by atoms with Crippen LogP contribution in [0.15, 0.2) is 38.6 Å². The fraction of sp³-hybridized carbons (Fsp3) is 0.167. The molecule has 0 spiro atoms.